The molecule has 1 aliphatic rings. The molecule has 14 heavy (non-hydrogen) atoms. The van der Waals surface area contributed by atoms with Gasteiger partial charge in [-0.25, -0.2) is 0 Å². The third-order valence-electron chi connectivity index (χ3n) is 2.93. The first kappa shape index (κ1) is 9.19. The number of benzene rings is 1. The van der Waals surface area contributed by atoms with E-state index in [0.717, 1.165) is 24.1 Å². The van der Waals surface area contributed by atoms with E-state index in [-0.39, 0.29) is 0 Å². The largest absolute Gasteiger partial charge is 0.397 e. The summed E-state index contributed by atoms with van der Waals surface area (Å²) in [6.45, 7) is 3.33. The molecule has 76 valence electrons. The van der Waals surface area contributed by atoms with E-state index in [4.69, 9.17) is 11.5 Å². The van der Waals surface area contributed by atoms with E-state index in [1.807, 2.05) is 18.2 Å². The van der Waals surface area contributed by atoms with Crippen LogP contribution in [0.15, 0.2) is 18.2 Å². The summed E-state index contributed by atoms with van der Waals surface area (Å²) in [5.74, 6) is 1.72. The lowest BCUT2D eigenvalue weighted by Gasteiger charge is -2.07. The van der Waals surface area contributed by atoms with Crippen molar-refractivity contribution in [3.05, 3.63) is 18.2 Å². The predicted molar refractivity (Wildman–Crippen MR) is 61.0 cm³/mol. The fraction of sp³-hybridized carbons (Fsp3) is 0.455. The van der Waals surface area contributed by atoms with Crippen molar-refractivity contribution >= 4 is 17.1 Å². The highest BCUT2D eigenvalue weighted by atomic mass is 14.9. The Bertz CT molecular complexity index is 335. The molecule has 0 aliphatic heterocycles. The molecule has 1 aromatic rings. The van der Waals surface area contributed by atoms with Crippen molar-refractivity contribution in [2.24, 2.45) is 11.8 Å². The van der Waals surface area contributed by atoms with Gasteiger partial charge in [-0.15, -0.1) is 0 Å². The lowest BCUT2D eigenvalue weighted by atomic mass is 10.2. The van der Waals surface area contributed by atoms with Crippen LogP contribution < -0.4 is 16.8 Å². The minimum Gasteiger partial charge on any atom is -0.397 e. The second-order valence-corrected chi connectivity index (χ2v) is 4.20. The van der Waals surface area contributed by atoms with Gasteiger partial charge in [0.05, 0.1) is 11.4 Å². The van der Waals surface area contributed by atoms with Gasteiger partial charge < -0.3 is 16.8 Å². The van der Waals surface area contributed by atoms with Crippen molar-refractivity contribution in [3.8, 4) is 0 Å². The molecule has 2 atom stereocenters. The highest BCUT2D eigenvalue weighted by Crippen LogP contribution is 2.37. The van der Waals surface area contributed by atoms with Crippen LogP contribution in [0, 0.1) is 11.8 Å². The Balaban J connectivity index is 1.92. The normalized spacial score (nSPS) is 24.6. The van der Waals surface area contributed by atoms with Crippen LogP contribution >= 0.6 is 0 Å². The van der Waals surface area contributed by atoms with Gasteiger partial charge in [-0.05, 0) is 36.5 Å². The van der Waals surface area contributed by atoms with Crippen LogP contribution in [-0.4, -0.2) is 6.54 Å². The first-order valence-electron chi connectivity index (χ1n) is 5.05. The minimum atomic E-state index is 0.648. The Hall–Kier alpha value is -1.38. The van der Waals surface area contributed by atoms with Gasteiger partial charge in [-0.2, -0.15) is 0 Å². The van der Waals surface area contributed by atoms with E-state index in [1.54, 1.807) is 0 Å². The Labute approximate surface area is 84.5 Å². The number of hydrogen-bond acceptors (Lipinski definition) is 3. The molecule has 1 aliphatic carbocycles. The minimum absolute atomic E-state index is 0.648. The lowest BCUT2D eigenvalue weighted by Crippen LogP contribution is -2.05. The molecule has 1 aromatic carbocycles. The van der Waals surface area contributed by atoms with Crippen LogP contribution in [0.2, 0.25) is 0 Å². The molecule has 3 nitrogen and oxygen atoms in total. The molecule has 0 heterocycles. The van der Waals surface area contributed by atoms with E-state index in [1.165, 1.54) is 6.42 Å². The fourth-order valence-corrected chi connectivity index (χ4v) is 1.62. The van der Waals surface area contributed by atoms with Gasteiger partial charge in [-0.3, -0.25) is 0 Å². The summed E-state index contributed by atoms with van der Waals surface area (Å²) in [5.41, 5.74) is 13.7. The monoisotopic (exact) mass is 191 g/mol. The topological polar surface area (TPSA) is 64.1 Å². The first-order chi connectivity index (χ1) is 6.66. The lowest BCUT2D eigenvalue weighted by molar-refractivity contribution is 0.787. The van der Waals surface area contributed by atoms with Gasteiger partial charge in [-0.1, -0.05) is 6.92 Å². The molecule has 0 spiro atoms. The molecule has 0 aromatic heterocycles. The van der Waals surface area contributed by atoms with E-state index in [2.05, 4.69) is 12.2 Å². The number of nitrogen functional groups attached to an aromatic ring is 2. The predicted octanol–water partition coefficient (Wildman–Crippen LogP) is 1.92. The van der Waals surface area contributed by atoms with E-state index < -0.39 is 0 Å². The van der Waals surface area contributed by atoms with Crippen molar-refractivity contribution in [2.75, 3.05) is 23.3 Å². The molecule has 1 saturated carbocycles. The highest BCUT2D eigenvalue weighted by molar-refractivity contribution is 5.69. The van der Waals surface area contributed by atoms with E-state index in [0.29, 0.717) is 11.4 Å². The molecule has 2 unspecified atom stereocenters. The van der Waals surface area contributed by atoms with Gasteiger partial charge in [0.25, 0.3) is 0 Å². The Kier molecular flexibility index (Phi) is 2.23. The zero-order valence-electron chi connectivity index (χ0n) is 8.46. The van der Waals surface area contributed by atoms with Crippen molar-refractivity contribution in [1.82, 2.24) is 0 Å². The second-order valence-electron chi connectivity index (χ2n) is 4.20. The van der Waals surface area contributed by atoms with Crippen molar-refractivity contribution in [1.29, 1.82) is 0 Å². The molecule has 0 radical (unpaired) electrons. The van der Waals surface area contributed by atoms with Crippen LogP contribution in [0.5, 0.6) is 0 Å². The van der Waals surface area contributed by atoms with Crippen LogP contribution in [0.3, 0.4) is 0 Å². The maximum absolute atomic E-state index is 5.70. The Morgan fingerprint density at radius 3 is 2.64 bits per heavy atom. The Morgan fingerprint density at radius 1 is 1.36 bits per heavy atom. The van der Waals surface area contributed by atoms with Crippen LogP contribution in [-0.2, 0) is 0 Å². The quantitative estimate of drug-likeness (QED) is 0.639. The molecular formula is C11H17N3. The second kappa shape index (κ2) is 3.40. The smallest absolute Gasteiger partial charge is 0.0568 e. The third-order valence-corrected chi connectivity index (χ3v) is 2.93. The zero-order chi connectivity index (χ0) is 10.1. The maximum Gasteiger partial charge on any atom is 0.0568 e. The molecule has 0 amide bonds. The van der Waals surface area contributed by atoms with Gasteiger partial charge in [0.15, 0.2) is 0 Å². The Morgan fingerprint density at radius 2 is 2.07 bits per heavy atom. The summed E-state index contributed by atoms with van der Waals surface area (Å²) < 4.78 is 0. The molecular weight excluding hydrogens is 174 g/mol. The van der Waals surface area contributed by atoms with Crippen LogP contribution in [0.1, 0.15) is 13.3 Å². The summed E-state index contributed by atoms with van der Waals surface area (Å²) in [7, 11) is 0. The van der Waals surface area contributed by atoms with Gasteiger partial charge in [0.2, 0.25) is 0 Å². The first-order valence-corrected chi connectivity index (χ1v) is 5.05. The fourth-order valence-electron chi connectivity index (χ4n) is 1.62. The average Bonchev–Trinajstić information content (AvgIpc) is 2.85. The summed E-state index contributed by atoms with van der Waals surface area (Å²) in [5, 5.41) is 3.37. The molecule has 0 saturated heterocycles. The number of anilines is 3. The number of nitrogens with two attached hydrogens (primary N) is 2. The summed E-state index contributed by atoms with van der Waals surface area (Å²) >= 11 is 0. The number of nitrogens with one attached hydrogen (secondary N) is 1. The maximum atomic E-state index is 5.70. The van der Waals surface area contributed by atoms with E-state index in [9.17, 15) is 0 Å². The van der Waals surface area contributed by atoms with Crippen molar-refractivity contribution in [2.45, 2.75) is 13.3 Å². The number of hydrogen-bond donors (Lipinski definition) is 3. The summed E-state index contributed by atoms with van der Waals surface area (Å²) in [4.78, 5) is 0. The zero-order valence-corrected chi connectivity index (χ0v) is 8.46. The summed E-state index contributed by atoms with van der Waals surface area (Å²) in [6, 6.07) is 5.70. The van der Waals surface area contributed by atoms with Gasteiger partial charge in [0.1, 0.15) is 0 Å². The molecule has 5 N–H and O–H groups in total. The van der Waals surface area contributed by atoms with Crippen molar-refractivity contribution in [3.63, 3.8) is 0 Å². The van der Waals surface area contributed by atoms with Crippen LogP contribution in [0.25, 0.3) is 0 Å². The SMILES string of the molecule is CC1CC1CNc1ccc(N)c(N)c1. The standard InChI is InChI=1S/C11H17N3/c1-7-4-8(7)6-14-9-2-3-10(12)11(13)5-9/h2-3,5,7-8,14H,4,6,12-13H2,1H3. The average molecular weight is 191 g/mol. The van der Waals surface area contributed by atoms with Gasteiger partial charge in [0, 0.05) is 12.2 Å². The number of rotatable bonds is 3. The third kappa shape index (κ3) is 1.92. The highest BCUT2D eigenvalue weighted by Gasteiger charge is 2.31. The molecule has 1 fully saturated rings. The van der Waals surface area contributed by atoms with Crippen LogP contribution in [0.4, 0.5) is 17.1 Å². The van der Waals surface area contributed by atoms with E-state index >= 15 is 0 Å². The summed E-state index contributed by atoms with van der Waals surface area (Å²) in [6.07, 6.45) is 1.34. The van der Waals surface area contributed by atoms with Gasteiger partial charge >= 0.3 is 0 Å². The van der Waals surface area contributed by atoms with Crippen molar-refractivity contribution < 1.29 is 0 Å². The molecule has 3 heteroatoms. The molecule has 0 bridgehead atoms. The molecule has 2 rings (SSSR count).